The number of rotatable bonds is 6. The lowest BCUT2D eigenvalue weighted by Gasteiger charge is -2.33. The molecule has 3 aromatic rings. The van der Waals surface area contributed by atoms with Crippen molar-refractivity contribution in [1.29, 1.82) is 0 Å². The number of thiophene rings is 1. The van der Waals surface area contributed by atoms with Gasteiger partial charge in [0.05, 0.1) is 10.6 Å². The topological polar surface area (TPSA) is 46.2 Å². The summed E-state index contributed by atoms with van der Waals surface area (Å²) in [5.74, 6) is 0. The lowest BCUT2D eigenvalue weighted by molar-refractivity contribution is 0.578. The normalized spacial score (nSPS) is 13.5. The molecule has 26 heavy (non-hydrogen) atoms. The molecule has 0 aliphatic rings. The summed E-state index contributed by atoms with van der Waals surface area (Å²) in [6, 6.07) is 21.2. The predicted molar refractivity (Wildman–Crippen MR) is 112 cm³/mol. The van der Waals surface area contributed by atoms with Crippen LogP contribution in [0.4, 0.5) is 0 Å². The number of hydrogen-bond acceptors (Lipinski definition) is 3. The molecule has 0 spiro atoms. The van der Waals surface area contributed by atoms with Crippen molar-refractivity contribution in [3.8, 4) is 0 Å². The highest BCUT2D eigenvalue weighted by Gasteiger charge is 2.38. The van der Waals surface area contributed by atoms with Crippen LogP contribution in [0, 0.1) is 6.92 Å². The summed E-state index contributed by atoms with van der Waals surface area (Å²) in [6.07, 6.45) is 0. The number of hydrogen-bond donors (Lipinski definition) is 1. The van der Waals surface area contributed by atoms with E-state index < -0.39 is 18.1 Å². The summed E-state index contributed by atoms with van der Waals surface area (Å²) < 4.78 is 29.1. The molecule has 1 atom stereocenters. The summed E-state index contributed by atoms with van der Waals surface area (Å²) in [4.78, 5) is 1.36. The van der Waals surface area contributed by atoms with E-state index in [9.17, 15) is 8.42 Å². The quantitative estimate of drug-likeness (QED) is 0.628. The zero-order valence-electron chi connectivity index (χ0n) is 15.1. The third-order valence-electron chi connectivity index (χ3n) is 4.67. The molecule has 6 heteroatoms. The molecule has 2 aromatic carbocycles. The number of sulfonamides is 1. The molecular weight excluding hydrogens is 378 g/mol. The van der Waals surface area contributed by atoms with E-state index in [1.54, 1.807) is 23.5 Å². The van der Waals surface area contributed by atoms with Gasteiger partial charge in [-0.25, -0.2) is 13.1 Å². The highest BCUT2D eigenvalue weighted by Crippen LogP contribution is 2.30. The Morgan fingerprint density at radius 1 is 0.923 bits per heavy atom. The van der Waals surface area contributed by atoms with Gasteiger partial charge >= 0.3 is 0 Å². The first-order valence-electron chi connectivity index (χ1n) is 8.48. The Labute approximate surface area is 160 Å². The fourth-order valence-corrected chi connectivity index (χ4v) is 9.72. The van der Waals surface area contributed by atoms with Crippen LogP contribution in [0.25, 0.3) is 0 Å². The van der Waals surface area contributed by atoms with Crippen molar-refractivity contribution in [3.63, 3.8) is 0 Å². The van der Waals surface area contributed by atoms with Gasteiger partial charge in [-0.15, -0.1) is 11.3 Å². The lowest BCUT2D eigenvalue weighted by Crippen LogP contribution is -2.53. The summed E-state index contributed by atoms with van der Waals surface area (Å²) in [5, 5.41) is 3.22. The highest BCUT2D eigenvalue weighted by atomic mass is 32.2. The van der Waals surface area contributed by atoms with Crippen LogP contribution in [-0.2, 0) is 10.0 Å². The van der Waals surface area contributed by atoms with E-state index in [0.717, 1.165) is 10.4 Å². The van der Waals surface area contributed by atoms with Crippen LogP contribution in [0.2, 0.25) is 13.1 Å². The minimum atomic E-state index is -3.60. The second-order valence-electron chi connectivity index (χ2n) is 6.97. The zero-order chi connectivity index (χ0) is 18.8. The Balaban J connectivity index is 2.02. The van der Waals surface area contributed by atoms with E-state index in [1.165, 1.54) is 5.19 Å². The Hall–Kier alpha value is -1.73. The van der Waals surface area contributed by atoms with E-state index in [2.05, 4.69) is 29.9 Å². The largest absolute Gasteiger partial charge is 0.240 e. The van der Waals surface area contributed by atoms with Crippen molar-refractivity contribution in [2.24, 2.45) is 0 Å². The van der Waals surface area contributed by atoms with Crippen LogP contribution in [0.1, 0.15) is 16.1 Å². The average Bonchev–Trinajstić information content (AvgIpc) is 3.15. The molecule has 0 fully saturated rings. The maximum Gasteiger partial charge on any atom is 0.240 e. The summed E-state index contributed by atoms with van der Waals surface area (Å²) in [7, 11) is -5.75. The molecule has 0 aliphatic heterocycles. The van der Waals surface area contributed by atoms with Crippen LogP contribution < -0.4 is 9.91 Å². The molecule has 1 aromatic heterocycles. The van der Waals surface area contributed by atoms with Gasteiger partial charge in [-0.2, -0.15) is 0 Å². The minimum absolute atomic E-state index is 0.226. The van der Waals surface area contributed by atoms with Crippen LogP contribution >= 0.6 is 11.3 Å². The highest BCUT2D eigenvalue weighted by molar-refractivity contribution is 7.89. The van der Waals surface area contributed by atoms with Crippen molar-refractivity contribution in [3.05, 3.63) is 82.6 Å². The molecule has 3 nitrogen and oxygen atoms in total. The molecule has 0 radical (unpaired) electrons. The van der Waals surface area contributed by atoms with Gasteiger partial charge in [-0.05, 0) is 30.5 Å². The van der Waals surface area contributed by atoms with Crippen molar-refractivity contribution in [2.75, 3.05) is 0 Å². The van der Waals surface area contributed by atoms with Gasteiger partial charge in [-0.3, -0.25) is 0 Å². The smallest absolute Gasteiger partial charge is 0.207 e. The first kappa shape index (κ1) is 19.0. The predicted octanol–water partition coefficient (Wildman–Crippen LogP) is 4.23. The second-order valence-corrected chi connectivity index (χ2v) is 14.3. The Bertz CT molecular complexity index is 951. The summed E-state index contributed by atoms with van der Waals surface area (Å²) in [5.41, 5.74) is 0.814. The van der Waals surface area contributed by atoms with Gasteiger partial charge in [0.1, 0.15) is 8.07 Å². The van der Waals surface area contributed by atoms with E-state index in [1.807, 2.05) is 54.8 Å². The second kappa shape index (κ2) is 7.48. The van der Waals surface area contributed by atoms with Crippen molar-refractivity contribution in [2.45, 2.75) is 30.6 Å². The van der Waals surface area contributed by atoms with Crippen LogP contribution in [0.5, 0.6) is 0 Å². The Kier molecular flexibility index (Phi) is 5.48. The number of aryl methyl sites for hydroxylation is 1. The van der Waals surface area contributed by atoms with Crippen LogP contribution in [-0.4, -0.2) is 16.5 Å². The lowest BCUT2D eigenvalue weighted by atomic mass is 10.2. The molecule has 0 saturated heterocycles. The van der Waals surface area contributed by atoms with Gasteiger partial charge in [0.2, 0.25) is 10.0 Å². The van der Waals surface area contributed by atoms with Crippen LogP contribution in [0.15, 0.2) is 77.0 Å². The zero-order valence-corrected chi connectivity index (χ0v) is 17.8. The first-order valence-corrected chi connectivity index (χ1v) is 13.9. The molecular formula is C20H23NO2S2Si. The molecule has 1 N–H and O–H groups in total. The third-order valence-corrected chi connectivity index (χ3v) is 11.2. The summed E-state index contributed by atoms with van der Waals surface area (Å²) in [6.45, 7) is 6.37. The van der Waals surface area contributed by atoms with Crippen molar-refractivity contribution in [1.82, 2.24) is 4.72 Å². The summed E-state index contributed by atoms with van der Waals surface area (Å²) >= 11 is 1.60. The number of benzene rings is 2. The van der Waals surface area contributed by atoms with Crippen molar-refractivity contribution < 1.29 is 8.42 Å². The fraction of sp³-hybridized carbons (Fsp3) is 0.200. The van der Waals surface area contributed by atoms with Gasteiger partial charge in [0, 0.05) is 4.88 Å². The SMILES string of the molecule is Cc1ccc(S(=O)(=O)N[C@H](c2cccs2)[Si](C)(C)c2ccccc2)cc1. The van der Waals surface area contributed by atoms with E-state index >= 15 is 0 Å². The molecule has 0 bridgehead atoms. The standard InChI is InChI=1S/C20H23NO2S2Si/c1-16-11-13-17(14-12-16)25(22,23)21-20(19-10-7-15-24-19)26(2,3)18-8-5-4-6-9-18/h4-15,20-21H,1-3H3/t20-/m0/s1. The van der Waals surface area contributed by atoms with Gasteiger partial charge in [-0.1, -0.05) is 72.4 Å². The van der Waals surface area contributed by atoms with Crippen LogP contribution in [0.3, 0.4) is 0 Å². The number of nitrogens with one attached hydrogen (secondary N) is 1. The van der Waals surface area contributed by atoms with Gasteiger partial charge < -0.3 is 0 Å². The molecule has 136 valence electrons. The monoisotopic (exact) mass is 401 g/mol. The van der Waals surface area contributed by atoms with Gasteiger partial charge in [0.25, 0.3) is 0 Å². The molecule has 0 amide bonds. The van der Waals surface area contributed by atoms with Gasteiger partial charge in [0.15, 0.2) is 0 Å². The fourth-order valence-electron chi connectivity index (χ4n) is 2.99. The Morgan fingerprint density at radius 2 is 1.58 bits per heavy atom. The van der Waals surface area contributed by atoms with E-state index in [4.69, 9.17) is 0 Å². The molecule has 0 aliphatic carbocycles. The molecule has 0 saturated carbocycles. The van der Waals surface area contributed by atoms with E-state index in [0.29, 0.717) is 4.90 Å². The maximum atomic E-state index is 13.0. The molecule has 3 rings (SSSR count). The average molecular weight is 402 g/mol. The third kappa shape index (κ3) is 3.99. The first-order chi connectivity index (χ1) is 12.3. The maximum absolute atomic E-state index is 13.0. The molecule has 0 unspecified atom stereocenters. The van der Waals surface area contributed by atoms with E-state index in [-0.39, 0.29) is 5.67 Å². The molecule has 1 heterocycles. The van der Waals surface area contributed by atoms with Crippen molar-refractivity contribution >= 4 is 34.6 Å². The minimum Gasteiger partial charge on any atom is -0.207 e. The Morgan fingerprint density at radius 3 is 2.15 bits per heavy atom.